The Kier molecular flexibility index (Phi) is 2.97. The molecule has 15 heavy (non-hydrogen) atoms. The summed E-state index contributed by atoms with van der Waals surface area (Å²) in [5.74, 6) is 0.964. The molecule has 0 atom stereocenters. The largest absolute Gasteiger partial charge is 0.378 e. The van der Waals surface area contributed by atoms with Gasteiger partial charge in [0.05, 0.1) is 18.9 Å². The molecule has 0 amide bonds. The standard InChI is InChI=1S/C11H15N3O/c1-9(2)10-7-11(13-8-12-10)14-3-5-15-6-4-14/h7-8H,1,3-6H2,2H3. The molecule has 2 heterocycles. The Hall–Kier alpha value is -1.42. The first-order chi connectivity index (χ1) is 7.27. The molecule has 80 valence electrons. The molecule has 1 aromatic heterocycles. The predicted molar refractivity (Wildman–Crippen MR) is 59.8 cm³/mol. The molecular formula is C11H15N3O. The molecule has 0 aliphatic carbocycles. The van der Waals surface area contributed by atoms with Gasteiger partial charge in [0.15, 0.2) is 0 Å². The van der Waals surface area contributed by atoms with Gasteiger partial charge in [0.2, 0.25) is 0 Å². The maximum Gasteiger partial charge on any atom is 0.132 e. The van der Waals surface area contributed by atoms with Crippen molar-refractivity contribution >= 4 is 11.4 Å². The highest BCUT2D eigenvalue weighted by Gasteiger charge is 2.12. The van der Waals surface area contributed by atoms with Gasteiger partial charge in [-0.05, 0) is 12.5 Å². The maximum atomic E-state index is 5.30. The number of allylic oxidation sites excluding steroid dienone is 1. The number of nitrogens with zero attached hydrogens (tertiary/aromatic N) is 3. The van der Waals surface area contributed by atoms with E-state index in [1.807, 2.05) is 13.0 Å². The van der Waals surface area contributed by atoms with Gasteiger partial charge in [-0.2, -0.15) is 0 Å². The van der Waals surface area contributed by atoms with Crippen molar-refractivity contribution in [2.24, 2.45) is 0 Å². The van der Waals surface area contributed by atoms with Gasteiger partial charge < -0.3 is 9.64 Å². The van der Waals surface area contributed by atoms with Gasteiger partial charge in [-0.25, -0.2) is 9.97 Å². The molecule has 0 spiro atoms. The fraction of sp³-hybridized carbons (Fsp3) is 0.455. The number of anilines is 1. The van der Waals surface area contributed by atoms with Gasteiger partial charge >= 0.3 is 0 Å². The summed E-state index contributed by atoms with van der Waals surface area (Å²) in [7, 11) is 0. The van der Waals surface area contributed by atoms with E-state index in [9.17, 15) is 0 Å². The van der Waals surface area contributed by atoms with Crippen molar-refractivity contribution in [3.05, 3.63) is 24.7 Å². The lowest BCUT2D eigenvalue weighted by Crippen LogP contribution is -2.36. The van der Waals surface area contributed by atoms with Crippen LogP contribution in [0, 0.1) is 0 Å². The van der Waals surface area contributed by atoms with E-state index in [1.54, 1.807) is 6.33 Å². The second-order valence-corrected chi connectivity index (χ2v) is 3.64. The van der Waals surface area contributed by atoms with Gasteiger partial charge in [0.1, 0.15) is 12.1 Å². The lowest BCUT2D eigenvalue weighted by atomic mass is 10.2. The van der Waals surface area contributed by atoms with Crippen LogP contribution in [-0.2, 0) is 4.74 Å². The molecule has 1 aromatic rings. The van der Waals surface area contributed by atoms with E-state index in [0.717, 1.165) is 43.4 Å². The molecule has 0 N–H and O–H groups in total. The summed E-state index contributed by atoms with van der Waals surface area (Å²) in [5.41, 5.74) is 1.87. The average molecular weight is 205 g/mol. The number of hydrogen-bond donors (Lipinski definition) is 0. The fourth-order valence-corrected chi connectivity index (χ4v) is 1.55. The lowest BCUT2D eigenvalue weighted by molar-refractivity contribution is 0.122. The first kappa shape index (κ1) is 10.1. The summed E-state index contributed by atoms with van der Waals surface area (Å²) in [5, 5.41) is 0. The molecule has 1 saturated heterocycles. The van der Waals surface area contributed by atoms with E-state index in [-0.39, 0.29) is 0 Å². The van der Waals surface area contributed by atoms with Crippen molar-refractivity contribution in [1.29, 1.82) is 0 Å². The van der Waals surface area contributed by atoms with Crippen molar-refractivity contribution in [3.8, 4) is 0 Å². The Labute approximate surface area is 89.6 Å². The van der Waals surface area contributed by atoms with E-state index in [2.05, 4.69) is 21.4 Å². The first-order valence-corrected chi connectivity index (χ1v) is 5.08. The quantitative estimate of drug-likeness (QED) is 0.730. The van der Waals surface area contributed by atoms with Crippen LogP contribution in [0.2, 0.25) is 0 Å². The minimum Gasteiger partial charge on any atom is -0.378 e. The molecule has 0 unspecified atom stereocenters. The molecule has 2 rings (SSSR count). The minimum atomic E-state index is 0.770. The normalized spacial score (nSPS) is 16.5. The van der Waals surface area contributed by atoms with Crippen molar-refractivity contribution in [2.45, 2.75) is 6.92 Å². The van der Waals surface area contributed by atoms with Crippen LogP contribution in [0.4, 0.5) is 5.82 Å². The highest BCUT2D eigenvalue weighted by molar-refractivity contribution is 5.60. The molecule has 1 aliphatic heterocycles. The Balaban J connectivity index is 2.19. The Morgan fingerprint density at radius 1 is 1.40 bits per heavy atom. The van der Waals surface area contributed by atoms with E-state index < -0.39 is 0 Å². The average Bonchev–Trinajstić information content (AvgIpc) is 2.30. The zero-order valence-corrected chi connectivity index (χ0v) is 8.94. The molecule has 0 radical (unpaired) electrons. The van der Waals surface area contributed by atoms with Gasteiger partial charge in [0.25, 0.3) is 0 Å². The Morgan fingerprint density at radius 2 is 2.13 bits per heavy atom. The van der Waals surface area contributed by atoms with Crippen LogP contribution in [-0.4, -0.2) is 36.3 Å². The third-order valence-electron chi connectivity index (χ3n) is 2.42. The summed E-state index contributed by atoms with van der Waals surface area (Å²) < 4.78 is 5.30. The minimum absolute atomic E-state index is 0.770. The van der Waals surface area contributed by atoms with E-state index in [0.29, 0.717) is 0 Å². The molecule has 1 fully saturated rings. The van der Waals surface area contributed by atoms with E-state index in [1.165, 1.54) is 0 Å². The number of ether oxygens (including phenoxy) is 1. The summed E-state index contributed by atoms with van der Waals surface area (Å²) in [6.45, 7) is 9.16. The number of rotatable bonds is 2. The second-order valence-electron chi connectivity index (χ2n) is 3.64. The monoisotopic (exact) mass is 205 g/mol. The smallest absolute Gasteiger partial charge is 0.132 e. The van der Waals surface area contributed by atoms with Gasteiger partial charge in [0, 0.05) is 19.2 Å². The zero-order valence-electron chi connectivity index (χ0n) is 8.94. The fourth-order valence-electron chi connectivity index (χ4n) is 1.55. The van der Waals surface area contributed by atoms with Crippen molar-refractivity contribution in [1.82, 2.24) is 9.97 Å². The molecule has 0 saturated carbocycles. The third-order valence-corrected chi connectivity index (χ3v) is 2.42. The number of hydrogen-bond acceptors (Lipinski definition) is 4. The molecular weight excluding hydrogens is 190 g/mol. The third kappa shape index (κ3) is 2.33. The summed E-state index contributed by atoms with van der Waals surface area (Å²) in [4.78, 5) is 10.6. The van der Waals surface area contributed by atoms with Gasteiger partial charge in [-0.3, -0.25) is 0 Å². The summed E-state index contributed by atoms with van der Waals surface area (Å²) in [6, 6.07) is 1.98. The summed E-state index contributed by atoms with van der Waals surface area (Å²) in [6.07, 6.45) is 1.59. The van der Waals surface area contributed by atoms with Crippen molar-refractivity contribution < 1.29 is 4.74 Å². The van der Waals surface area contributed by atoms with Crippen LogP contribution in [0.15, 0.2) is 19.0 Å². The first-order valence-electron chi connectivity index (χ1n) is 5.08. The van der Waals surface area contributed by atoms with Crippen molar-refractivity contribution in [2.75, 3.05) is 31.2 Å². The highest BCUT2D eigenvalue weighted by atomic mass is 16.5. The lowest BCUT2D eigenvalue weighted by Gasteiger charge is -2.27. The van der Waals surface area contributed by atoms with E-state index >= 15 is 0 Å². The second kappa shape index (κ2) is 4.40. The molecule has 1 aliphatic rings. The van der Waals surface area contributed by atoms with Gasteiger partial charge in [-0.15, -0.1) is 0 Å². The maximum absolute atomic E-state index is 5.30. The van der Waals surface area contributed by atoms with Crippen LogP contribution in [0.25, 0.3) is 5.57 Å². The van der Waals surface area contributed by atoms with Crippen LogP contribution >= 0.6 is 0 Å². The Morgan fingerprint density at radius 3 is 2.80 bits per heavy atom. The molecule has 4 nitrogen and oxygen atoms in total. The molecule has 4 heteroatoms. The number of morpholine rings is 1. The van der Waals surface area contributed by atoms with Crippen LogP contribution < -0.4 is 4.90 Å². The Bertz CT molecular complexity index is 359. The number of aromatic nitrogens is 2. The zero-order chi connectivity index (χ0) is 10.7. The van der Waals surface area contributed by atoms with Crippen LogP contribution in [0.3, 0.4) is 0 Å². The predicted octanol–water partition coefficient (Wildman–Crippen LogP) is 1.35. The summed E-state index contributed by atoms with van der Waals surface area (Å²) >= 11 is 0. The highest BCUT2D eigenvalue weighted by Crippen LogP contribution is 2.16. The molecule has 0 aromatic carbocycles. The van der Waals surface area contributed by atoms with Gasteiger partial charge in [-0.1, -0.05) is 6.58 Å². The van der Waals surface area contributed by atoms with Crippen molar-refractivity contribution in [3.63, 3.8) is 0 Å². The molecule has 0 bridgehead atoms. The van der Waals surface area contributed by atoms with E-state index in [4.69, 9.17) is 4.74 Å². The van der Waals surface area contributed by atoms with Crippen LogP contribution in [0.1, 0.15) is 12.6 Å². The SMILES string of the molecule is C=C(C)c1cc(N2CCOCC2)ncn1. The van der Waals surface area contributed by atoms with Crippen LogP contribution in [0.5, 0.6) is 0 Å². The topological polar surface area (TPSA) is 38.2 Å².